The Morgan fingerprint density at radius 1 is 1.38 bits per heavy atom. The average molecular weight is 314 g/mol. The molecule has 1 aromatic rings. The zero-order valence-electron chi connectivity index (χ0n) is 12.3. The van der Waals surface area contributed by atoms with Gasteiger partial charge in [-0.1, -0.05) is 25.8 Å². The molecule has 1 fully saturated rings. The third kappa shape index (κ3) is 4.25. The molecule has 0 amide bonds. The molecule has 118 valence electrons. The molecule has 0 aliphatic heterocycles. The smallest absolute Gasteiger partial charge is 0.241 e. The van der Waals surface area contributed by atoms with Crippen molar-refractivity contribution in [3.63, 3.8) is 0 Å². The fraction of sp³-hybridized carbons (Fsp3) is 0.600. The molecule has 1 saturated carbocycles. The third-order valence-electron chi connectivity index (χ3n) is 4.15. The first-order valence-corrected chi connectivity index (χ1v) is 8.89. The largest absolute Gasteiger partial charge is 0.326 e. The van der Waals surface area contributed by atoms with E-state index in [9.17, 15) is 12.8 Å². The van der Waals surface area contributed by atoms with E-state index in [-0.39, 0.29) is 11.4 Å². The van der Waals surface area contributed by atoms with Gasteiger partial charge in [-0.25, -0.2) is 17.5 Å². The first kappa shape index (κ1) is 16.4. The van der Waals surface area contributed by atoms with Crippen LogP contribution in [0.2, 0.25) is 0 Å². The van der Waals surface area contributed by atoms with E-state index >= 15 is 0 Å². The van der Waals surface area contributed by atoms with E-state index in [0.717, 1.165) is 25.3 Å². The molecule has 0 radical (unpaired) electrons. The van der Waals surface area contributed by atoms with Gasteiger partial charge in [0, 0.05) is 13.1 Å². The summed E-state index contributed by atoms with van der Waals surface area (Å²) in [7, 11) is -3.71. The maximum absolute atomic E-state index is 13.3. The summed E-state index contributed by atoms with van der Waals surface area (Å²) < 4.78 is 40.7. The Morgan fingerprint density at radius 3 is 2.81 bits per heavy atom. The number of sulfonamides is 1. The molecular weight excluding hydrogens is 291 g/mol. The molecule has 1 aliphatic rings. The molecule has 0 saturated heterocycles. The number of hydrogen-bond donors (Lipinski definition) is 2. The highest BCUT2D eigenvalue weighted by molar-refractivity contribution is 7.89. The van der Waals surface area contributed by atoms with Crippen molar-refractivity contribution in [3.05, 3.63) is 29.6 Å². The van der Waals surface area contributed by atoms with Crippen LogP contribution in [0.25, 0.3) is 0 Å². The van der Waals surface area contributed by atoms with Gasteiger partial charge in [0.05, 0.1) is 4.90 Å². The van der Waals surface area contributed by atoms with E-state index in [0.29, 0.717) is 23.9 Å². The van der Waals surface area contributed by atoms with Crippen LogP contribution >= 0.6 is 0 Å². The second kappa shape index (κ2) is 6.85. The number of hydrogen-bond acceptors (Lipinski definition) is 3. The summed E-state index contributed by atoms with van der Waals surface area (Å²) in [5.41, 5.74) is 5.97. The Balaban J connectivity index is 2.09. The summed E-state index contributed by atoms with van der Waals surface area (Å²) >= 11 is 0. The van der Waals surface area contributed by atoms with E-state index in [4.69, 9.17) is 5.73 Å². The van der Waals surface area contributed by atoms with Crippen LogP contribution in [-0.2, 0) is 16.6 Å². The lowest BCUT2D eigenvalue weighted by Crippen LogP contribution is -2.32. The second-order valence-electron chi connectivity index (χ2n) is 5.95. The highest BCUT2D eigenvalue weighted by Crippen LogP contribution is 2.28. The minimum absolute atomic E-state index is 0.0474. The van der Waals surface area contributed by atoms with Gasteiger partial charge in [-0.15, -0.1) is 0 Å². The predicted octanol–water partition coefficient (Wildman–Crippen LogP) is 2.39. The molecule has 2 atom stereocenters. The fourth-order valence-electron chi connectivity index (χ4n) is 3.00. The quantitative estimate of drug-likeness (QED) is 0.876. The topological polar surface area (TPSA) is 72.2 Å². The van der Waals surface area contributed by atoms with Gasteiger partial charge in [0.25, 0.3) is 0 Å². The summed E-state index contributed by atoms with van der Waals surface area (Å²) in [6.45, 7) is 2.67. The Morgan fingerprint density at radius 2 is 2.14 bits per heavy atom. The zero-order chi connectivity index (χ0) is 15.5. The van der Waals surface area contributed by atoms with Crippen molar-refractivity contribution in [1.29, 1.82) is 0 Å². The van der Waals surface area contributed by atoms with Crippen molar-refractivity contribution in [2.45, 2.75) is 44.0 Å². The van der Waals surface area contributed by atoms with E-state index < -0.39 is 15.8 Å². The van der Waals surface area contributed by atoms with Gasteiger partial charge in [-0.2, -0.15) is 0 Å². The van der Waals surface area contributed by atoms with Crippen LogP contribution in [0.4, 0.5) is 4.39 Å². The number of halogens is 1. The Hall–Kier alpha value is -0.980. The SMILES string of the molecule is CC1CCCC(CNS(=O)(=O)c2cc(F)ccc2CN)C1. The predicted molar refractivity (Wildman–Crippen MR) is 80.6 cm³/mol. The minimum Gasteiger partial charge on any atom is -0.326 e. The first-order chi connectivity index (χ1) is 9.92. The van der Waals surface area contributed by atoms with E-state index in [1.165, 1.54) is 18.6 Å². The van der Waals surface area contributed by atoms with E-state index in [1.807, 2.05) is 0 Å². The molecule has 0 heterocycles. The van der Waals surface area contributed by atoms with Crippen molar-refractivity contribution >= 4 is 10.0 Å². The number of benzene rings is 1. The summed E-state index contributed by atoms with van der Waals surface area (Å²) in [4.78, 5) is -0.0474. The standard InChI is InChI=1S/C15H23FN2O2S/c1-11-3-2-4-12(7-11)10-18-21(19,20)15-8-14(16)6-5-13(15)9-17/h5-6,8,11-12,18H,2-4,7,9-10,17H2,1H3. The van der Waals surface area contributed by atoms with Crippen LogP contribution in [0.1, 0.15) is 38.2 Å². The Kier molecular flexibility index (Phi) is 5.35. The summed E-state index contributed by atoms with van der Waals surface area (Å²) in [6.07, 6.45) is 4.43. The zero-order valence-corrected chi connectivity index (χ0v) is 13.1. The summed E-state index contributed by atoms with van der Waals surface area (Å²) in [6, 6.07) is 3.69. The lowest BCUT2D eigenvalue weighted by atomic mass is 9.83. The van der Waals surface area contributed by atoms with Gasteiger partial charge < -0.3 is 5.73 Å². The monoisotopic (exact) mass is 314 g/mol. The van der Waals surface area contributed by atoms with Gasteiger partial charge in [0.1, 0.15) is 5.82 Å². The van der Waals surface area contributed by atoms with Gasteiger partial charge >= 0.3 is 0 Å². The second-order valence-corrected chi connectivity index (χ2v) is 7.68. The van der Waals surface area contributed by atoms with Gasteiger partial charge in [-0.3, -0.25) is 0 Å². The molecule has 1 aliphatic carbocycles. The Labute approximate surface area is 126 Å². The Bertz CT molecular complexity index is 589. The molecule has 2 rings (SSSR count). The molecule has 21 heavy (non-hydrogen) atoms. The van der Waals surface area contributed by atoms with Crippen molar-refractivity contribution in [3.8, 4) is 0 Å². The summed E-state index contributed by atoms with van der Waals surface area (Å²) in [5, 5.41) is 0. The molecule has 1 aromatic carbocycles. The maximum atomic E-state index is 13.3. The lowest BCUT2D eigenvalue weighted by Gasteiger charge is -2.26. The lowest BCUT2D eigenvalue weighted by molar-refractivity contribution is 0.283. The molecule has 0 bridgehead atoms. The van der Waals surface area contributed by atoms with E-state index in [2.05, 4.69) is 11.6 Å². The summed E-state index contributed by atoms with van der Waals surface area (Å²) in [5.74, 6) is 0.430. The van der Waals surface area contributed by atoms with Crippen molar-refractivity contribution in [2.75, 3.05) is 6.54 Å². The molecule has 3 N–H and O–H groups in total. The third-order valence-corrected chi connectivity index (χ3v) is 5.65. The molecular formula is C15H23FN2O2S. The van der Waals surface area contributed by atoms with Crippen molar-refractivity contribution < 1.29 is 12.8 Å². The first-order valence-electron chi connectivity index (χ1n) is 7.40. The maximum Gasteiger partial charge on any atom is 0.241 e. The molecule has 4 nitrogen and oxygen atoms in total. The molecule has 0 aromatic heterocycles. The van der Waals surface area contributed by atoms with Crippen LogP contribution in [0.5, 0.6) is 0 Å². The molecule has 0 spiro atoms. The van der Waals surface area contributed by atoms with Gasteiger partial charge in [-0.05, 0) is 42.4 Å². The van der Waals surface area contributed by atoms with Crippen LogP contribution in [0, 0.1) is 17.7 Å². The van der Waals surface area contributed by atoms with Crippen molar-refractivity contribution in [1.82, 2.24) is 4.72 Å². The average Bonchev–Trinajstić information content (AvgIpc) is 2.45. The van der Waals surface area contributed by atoms with Crippen molar-refractivity contribution in [2.24, 2.45) is 17.6 Å². The number of nitrogens with one attached hydrogen (secondary N) is 1. The highest BCUT2D eigenvalue weighted by Gasteiger charge is 2.23. The van der Waals surface area contributed by atoms with Crippen LogP contribution < -0.4 is 10.5 Å². The number of nitrogens with two attached hydrogens (primary N) is 1. The minimum atomic E-state index is -3.71. The van der Waals surface area contributed by atoms with Crippen LogP contribution in [0.15, 0.2) is 23.1 Å². The van der Waals surface area contributed by atoms with Gasteiger partial charge in [0.15, 0.2) is 0 Å². The fourth-order valence-corrected chi connectivity index (χ4v) is 4.37. The highest BCUT2D eigenvalue weighted by atomic mass is 32.2. The number of rotatable bonds is 5. The van der Waals surface area contributed by atoms with Crippen LogP contribution in [0.3, 0.4) is 0 Å². The molecule has 6 heteroatoms. The molecule has 2 unspecified atom stereocenters. The van der Waals surface area contributed by atoms with Gasteiger partial charge in [0.2, 0.25) is 10.0 Å². The normalized spacial score (nSPS) is 23.2. The van der Waals surface area contributed by atoms with E-state index in [1.54, 1.807) is 0 Å². The van der Waals surface area contributed by atoms with Crippen LogP contribution in [-0.4, -0.2) is 15.0 Å².